The second-order valence-corrected chi connectivity index (χ2v) is 5.65. The molecular weight excluding hydrogens is 394 g/mol. The van der Waals surface area contributed by atoms with E-state index in [1.54, 1.807) is 5.32 Å². The van der Waals surface area contributed by atoms with E-state index in [1.807, 2.05) is 0 Å². The van der Waals surface area contributed by atoms with Gasteiger partial charge in [-0.25, -0.2) is 9.37 Å². The Morgan fingerprint density at radius 3 is 2.32 bits per heavy atom. The van der Waals surface area contributed by atoms with Crippen molar-refractivity contribution in [1.82, 2.24) is 10.3 Å². The van der Waals surface area contributed by atoms with E-state index in [-0.39, 0.29) is 11.4 Å². The van der Waals surface area contributed by atoms with E-state index in [0.717, 1.165) is 30.3 Å². The molecule has 2 N–H and O–H groups in total. The van der Waals surface area contributed by atoms with E-state index >= 15 is 0 Å². The van der Waals surface area contributed by atoms with Crippen molar-refractivity contribution in [3.63, 3.8) is 0 Å². The Morgan fingerprint density at radius 1 is 1.18 bits per heavy atom. The van der Waals surface area contributed by atoms with Gasteiger partial charge in [-0.15, -0.1) is 0 Å². The lowest BCUT2D eigenvalue weighted by atomic mass is 9.85. The molecule has 2 aromatic rings. The highest BCUT2D eigenvalue weighted by Crippen LogP contribution is 2.48. The monoisotopic (exact) mass is 408 g/mol. The molecule has 0 radical (unpaired) electrons. The summed E-state index contributed by atoms with van der Waals surface area (Å²) >= 11 is 0. The van der Waals surface area contributed by atoms with Crippen LogP contribution in [0.1, 0.15) is 11.1 Å². The molecule has 1 heterocycles. The lowest BCUT2D eigenvalue weighted by molar-refractivity contribution is -0.337. The van der Waals surface area contributed by atoms with Crippen molar-refractivity contribution in [3.8, 4) is 5.88 Å². The Balaban J connectivity index is 2.41. The molecule has 11 heteroatoms. The standard InChI is InChI=1S/C17H14F6N2O3/c1-28-13-7-10(12(18)9-24-13)8-25-14(26)15(27,11-5-3-2-4-6-11)16(19,20)17(21,22)23/h2-7,9,27H,8H2,1H3,(H,25,26)/t15-/m0/s1. The van der Waals surface area contributed by atoms with Gasteiger partial charge in [-0.3, -0.25) is 4.79 Å². The molecule has 0 saturated heterocycles. The van der Waals surface area contributed by atoms with Crippen molar-refractivity contribution in [3.05, 3.63) is 59.5 Å². The van der Waals surface area contributed by atoms with Crippen LogP contribution in [0, 0.1) is 5.82 Å². The molecule has 0 fully saturated rings. The molecule has 0 unspecified atom stereocenters. The number of aromatic nitrogens is 1. The van der Waals surface area contributed by atoms with Gasteiger partial charge in [0.15, 0.2) is 0 Å². The summed E-state index contributed by atoms with van der Waals surface area (Å²) in [5.74, 6) is -8.94. The Bertz CT molecular complexity index is 845. The average Bonchev–Trinajstić information content (AvgIpc) is 2.66. The number of ether oxygens (including phenoxy) is 1. The van der Waals surface area contributed by atoms with E-state index < -0.39 is 41.5 Å². The minimum atomic E-state index is -6.24. The van der Waals surface area contributed by atoms with Crippen LogP contribution in [0.15, 0.2) is 42.6 Å². The van der Waals surface area contributed by atoms with E-state index in [2.05, 4.69) is 4.98 Å². The lowest BCUT2D eigenvalue weighted by Crippen LogP contribution is -2.62. The highest BCUT2D eigenvalue weighted by molar-refractivity contribution is 5.87. The molecule has 2 rings (SSSR count). The Labute approximate surface area is 155 Å². The summed E-state index contributed by atoms with van der Waals surface area (Å²) < 4.78 is 85.5. The summed E-state index contributed by atoms with van der Waals surface area (Å²) in [5, 5.41) is 12.0. The van der Waals surface area contributed by atoms with Crippen LogP contribution in [0.2, 0.25) is 0 Å². The summed E-state index contributed by atoms with van der Waals surface area (Å²) in [5.41, 5.74) is -5.56. The second kappa shape index (κ2) is 7.66. The first-order chi connectivity index (χ1) is 12.9. The third kappa shape index (κ3) is 3.75. The zero-order valence-electron chi connectivity index (χ0n) is 14.2. The largest absolute Gasteiger partial charge is 0.481 e. The average molecular weight is 408 g/mol. The van der Waals surface area contributed by atoms with Gasteiger partial charge < -0.3 is 15.2 Å². The highest BCUT2D eigenvalue weighted by Gasteiger charge is 2.73. The molecule has 152 valence electrons. The van der Waals surface area contributed by atoms with E-state index in [9.17, 15) is 36.2 Å². The number of nitrogens with one attached hydrogen (secondary N) is 1. The SMILES string of the molecule is COc1cc(CNC(=O)[C@@](O)(c2ccccc2)C(F)(F)C(F)(F)F)c(F)cn1. The number of nitrogens with zero attached hydrogens (tertiary/aromatic N) is 1. The molecule has 0 saturated carbocycles. The molecule has 0 spiro atoms. The minimum Gasteiger partial charge on any atom is -0.481 e. The van der Waals surface area contributed by atoms with Gasteiger partial charge in [0.25, 0.3) is 5.91 Å². The van der Waals surface area contributed by atoms with Crippen LogP contribution in [0.5, 0.6) is 5.88 Å². The highest BCUT2D eigenvalue weighted by atomic mass is 19.4. The molecule has 0 aliphatic carbocycles. The van der Waals surface area contributed by atoms with Gasteiger partial charge in [-0.1, -0.05) is 30.3 Å². The molecule has 0 bridgehead atoms. The number of hydrogen-bond acceptors (Lipinski definition) is 4. The number of halogens is 6. The van der Waals surface area contributed by atoms with E-state index in [4.69, 9.17) is 4.74 Å². The molecule has 28 heavy (non-hydrogen) atoms. The smallest absolute Gasteiger partial charge is 0.457 e. The first-order valence-corrected chi connectivity index (χ1v) is 7.64. The van der Waals surface area contributed by atoms with Crippen LogP contribution < -0.4 is 10.1 Å². The number of hydrogen-bond donors (Lipinski definition) is 2. The van der Waals surface area contributed by atoms with Crippen molar-refractivity contribution in [2.24, 2.45) is 0 Å². The lowest BCUT2D eigenvalue weighted by Gasteiger charge is -2.35. The number of amides is 1. The number of carbonyl (C=O) groups is 1. The van der Waals surface area contributed by atoms with Crippen molar-refractivity contribution in [2.45, 2.75) is 24.2 Å². The zero-order chi connectivity index (χ0) is 21.2. The quantitative estimate of drug-likeness (QED) is 0.722. The third-order valence-electron chi connectivity index (χ3n) is 3.89. The van der Waals surface area contributed by atoms with Crippen molar-refractivity contribution in [2.75, 3.05) is 7.11 Å². The Morgan fingerprint density at radius 2 is 1.79 bits per heavy atom. The normalized spacial score (nSPS) is 14.3. The van der Waals surface area contributed by atoms with Gasteiger partial charge in [0.1, 0.15) is 5.82 Å². The van der Waals surface area contributed by atoms with Gasteiger partial charge in [0.2, 0.25) is 11.5 Å². The maximum Gasteiger partial charge on any atom is 0.457 e. The molecule has 1 amide bonds. The van der Waals surface area contributed by atoms with Crippen LogP contribution in [0.4, 0.5) is 26.3 Å². The van der Waals surface area contributed by atoms with E-state index in [1.165, 1.54) is 13.2 Å². The molecule has 5 nitrogen and oxygen atoms in total. The van der Waals surface area contributed by atoms with Gasteiger partial charge in [0, 0.05) is 18.2 Å². The van der Waals surface area contributed by atoms with Gasteiger partial charge in [-0.05, 0) is 5.56 Å². The molecule has 1 aromatic heterocycles. The fourth-order valence-corrected chi connectivity index (χ4v) is 2.35. The number of alkyl halides is 5. The van der Waals surface area contributed by atoms with Gasteiger partial charge >= 0.3 is 12.1 Å². The summed E-state index contributed by atoms with van der Waals surface area (Å²) in [4.78, 5) is 15.8. The van der Waals surface area contributed by atoms with Crippen LogP contribution in [-0.2, 0) is 16.9 Å². The zero-order valence-corrected chi connectivity index (χ0v) is 14.2. The number of methoxy groups -OCH3 is 1. The predicted molar refractivity (Wildman–Crippen MR) is 83.9 cm³/mol. The number of rotatable bonds is 6. The summed E-state index contributed by atoms with van der Waals surface area (Å²) in [7, 11) is 1.21. The van der Waals surface area contributed by atoms with Crippen molar-refractivity contribution in [1.29, 1.82) is 0 Å². The fraction of sp³-hybridized carbons (Fsp3) is 0.294. The summed E-state index contributed by atoms with van der Waals surface area (Å²) in [6, 6.07) is 5.96. The fourth-order valence-electron chi connectivity index (χ4n) is 2.35. The number of aliphatic hydroxyl groups is 1. The van der Waals surface area contributed by atoms with Gasteiger partial charge in [0.05, 0.1) is 13.3 Å². The third-order valence-corrected chi connectivity index (χ3v) is 3.89. The molecule has 0 aliphatic heterocycles. The molecule has 1 aromatic carbocycles. The second-order valence-electron chi connectivity index (χ2n) is 5.65. The van der Waals surface area contributed by atoms with Crippen molar-refractivity contribution < 1.29 is 41.0 Å². The first-order valence-electron chi connectivity index (χ1n) is 7.64. The Kier molecular flexibility index (Phi) is 5.88. The number of benzene rings is 1. The van der Waals surface area contributed by atoms with Gasteiger partial charge in [-0.2, -0.15) is 22.0 Å². The Hall–Kier alpha value is -2.82. The van der Waals surface area contributed by atoms with Crippen LogP contribution >= 0.6 is 0 Å². The topological polar surface area (TPSA) is 71.5 Å². The number of carbonyl (C=O) groups excluding carboxylic acids is 1. The summed E-state index contributed by atoms with van der Waals surface area (Å²) in [6.07, 6.45) is -5.52. The van der Waals surface area contributed by atoms with Crippen LogP contribution in [-0.4, -0.2) is 35.2 Å². The number of pyridine rings is 1. The maximum atomic E-state index is 14.1. The first kappa shape index (κ1) is 21.5. The van der Waals surface area contributed by atoms with Crippen LogP contribution in [0.25, 0.3) is 0 Å². The summed E-state index contributed by atoms with van der Waals surface area (Å²) in [6.45, 7) is -0.799. The minimum absolute atomic E-state index is 0.0791. The molecular formula is C17H14F6N2O3. The molecule has 0 aliphatic rings. The predicted octanol–water partition coefficient (Wildman–Crippen LogP) is 2.93. The van der Waals surface area contributed by atoms with Crippen LogP contribution in [0.3, 0.4) is 0 Å². The molecule has 1 atom stereocenters. The van der Waals surface area contributed by atoms with E-state index in [0.29, 0.717) is 6.20 Å². The van der Waals surface area contributed by atoms with Crippen molar-refractivity contribution >= 4 is 5.91 Å². The maximum absolute atomic E-state index is 14.1.